The van der Waals surface area contributed by atoms with E-state index < -0.39 is 5.97 Å². The van der Waals surface area contributed by atoms with Crippen LogP contribution in [0.1, 0.15) is 4.88 Å². The number of nitrogens with zero attached hydrogens (tertiary/aromatic N) is 2. The standard InChI is InChI=1S/C34H26N2O4S/c1-39-30-15-11-28(12-16-30)36(29-13-17-31(40-2)18-14-29)27-9-7-24(8-10-27)23-3-5-25(6-4-23)33-20-19-32(41-33)21-26(22-35)34(37)38/h3-21H,1-2H3,(H,37,38). The molecule has 5 rings (SSSR count). The molecule has 0 aliphatic rings. The Labute approximate surface area is 242 Å². The van der Waals surface area contributed by atoms with Crippen molar-refractivity contribution in [3.05, 3.63) is 120 Å². The zero-order chi connectivity index (χ0) is 28.8. The van der Waals surface area contributed by atoms with Crippen molar-refractivity contribution in [3.63, 3.8) is 0 Å². The van der Waals surface area contributed by atoms with Crippen molar-refractivity contribution >= 4 is 40.4 Å². The van der Waals surface area contributed by atoms with Gasteiger partial charge >= 0.3 is 5.97 Å². The summed E-state index contributed by atoms with van der Waals surface area (Å²) in [5.74, 6) is 0.364. The maximum atomic E-state index is 11.1. The van der Waals surface area contributed by atoms with Crippen molar-refractivity contribution in [3.8, 4) is 39.1 Å². The zero-order valence-electron chi connectivity index (χ0n) is 22.4. The van der Waals surface area contributed by atoms with E-state index in [0.29, 0.717) is 0 Å². The highest BCUT2D eigenvalue weighted by Crippen LogP contribution is 2.37. The fourth-order valence-corrected chi connectivity index (χ4v) is 5.37. The fraction of sp³-hybridized carbons (Fsp3) is 0.0588. The number of ether oxygens (including phenoxy) is 2. The summed E-state index contributed by atoms with van der Waals surface area (Å²) in [7, 11) is 3.31. The first-order valence-corrected chi connectivity index (χ1v) is 13.5. The van der Waals surface area contributed by atoms with Crippen molar-refractivity contribution < 1.29 is 19.4 Å². The molecule has 7 heteroatoms. The number of hydrogen-bond donors (Lipinski definition) is 1. The molecule has 0 saturated heterocycles. The van der Waals surface area contributed by atoms with Crippen LogP contribution in [0.5, 0.6) is 11.5 Å². The Hall–Kier alpha value is -5.32. The zero-order valence-corrected chi connectivity index (χ0v) is 23.3. The Morgan fingerprint density at radius 2 is 1.15 bits per heavy atom. The van der Waals surface area contributed by atoms with Gasteiger partial charge in [-0.1, -0.05) is 36.4 Å². The summed E-state index contributed by atoms with van der Waals surface area (Å²) in [4.78, 5) is 15.0. The number of carbonyl (C=O) groups is 1. The second-order valence-corrected chi connectivity index (χ2v) is 10.1. The summed E-state index contributed by atoms with van der Waals surface area (Å²) in [6, 6.07) is 38.0. The molecule has 0 aliphatic carbocycles. The van der Waals surface area contributed by atoms with Crippen LogP contribution in [-0.2, 0) is 4.79 Å². The first-order valence-electron chi connectivity index (χ1n) is 12.7. The van der Waals surface area contributed by atoms with Crippen LogP contribution in [-0.4, -0.2) is 25.3 Å². The lowest BCUT2D eigenvalue weighted by Gasteiger charge is -2.26. The molecular formula is C34H26N2O4S. The Kier molecular flexibility index (Phi) is 8.14. The van der Waals surface area contributed by atoms with Gasteiger partial charge < -0.3 is 19.5 Å². The molecule has 0 radical (unpaired) electrons. The molecule has 0 aliphatic heterocycles. The summed E-state index contributed by atoms with van der Waals surface area (Å²) < 4.78 is 10.7. The van der Waals surface area contributed by atoms with Crippen LogP contribution in [0.3, 0.4) is 0 Å². The molecule has 0 unspecified atom stereocenters. The third kappa shape index (κ3) is 6.14. The second-order valence-electron chi connectivity index (χ2n) is 9.03. The number of nitriles is 1. The molecular weight excluding hydrogens is 532 g/mol. The van der Waals surface area contributed by atoms with E-state index >= 15 is 0 Å². The number of thiophene rings is 1. The quantitative estimate of drug-likeness (QED) is 0.144. The first-order chi connectivity index (χ1) is 20.0. The minimum absolute atomic E-state index is 0.283. The van der Waals surface area contributed by atoms with E-state index in [-0.39, 0.29) is 5.57 Å². The first kappa shape index (κ1) is 27.3. The van der Waals surface area contributed by atoms with Crippen molar-refractivity contribution in [1.29, 1.82) is 5.26 Å². The molecule has 0 fully saturated rings. The highest BCUT2D eigenvalue weighted by atomic mass is 32.1. The van der Waals surface area contributed by atoms with Crippen LogP contribution in [0.25, 0.3) is 27.6 Å². The Bertz CT molecular complexity index is 1670. The maximum Gasteiger partial charge on any atom is 0.346 e. The largest absolute Gasteiger partial charge is 0.497 e. The normalized spacial score (nSPS) is 11.0. The minimum atomic E-state index is -1.23. The van der Waals surface area contributed by atoms with Crippen molar-refractivity contribution in [2.45, 2.75) is 0 Å². The number of hydrogen-bond acceptors (Lipinski definition) is 6. The molecule has 0 atom stereocenters. The number of anilines is 3. The number of aliphatic carboxylic acids is 1. The molecule has 1 heterocycles. The van der Waals surface area contributed by atoms with Gasteiger partial charge in [0, 0.05) is 26.8 Å². The number of rotatable bonds is 9. The van der Waals surface area contributed by atoms with Gasteiger partial charge in [-0.3, -0.25) is 0 Å². The lowest BCUT2D eigenvalue weighted by atomic mass is 10.0. The number of carboxylic acid groups (broad SMARTS) is 1. The number of benzene rings is 4. The molecule has 0 spiro atoms. The average Bonchev–Trinajstić information content (AvgIpc) is 3.50. The van der Waals surface area contributed by atoms with Crippen LogP contribution >= 0.6 is 11.3 Å². The van der Waals surface area contributed by atoms with Gasteiger partial charge in [-0.25, -0.2) is 4.79 Å². The third-order valence-corrected chi connectivity index (χ3v) is 7.64. The molecule has 5 aromatic rings. The lowest BCUT2D eigenvalue weighted by Crippen LogP contribution is -2.09. The fourth-order valence-electron chi connectivity index (χ4n) is 4.41. The summed E-state index contributed by atoms with van der Waals surface area (Å²) in [5.41, 5.74) is 5.92. The molecule has 1 aromatic heterocycles. The molecule has 0 amide bonds. The molecule has 0 saturated carbocycles. The molecule has 6 nitrogen and oxygen atoms in total. The number of carboxylic acids is 1. The summed E-state index contributed by atoms with van der Waals surface area (Å²) in [6.45, 7) is 0. The van der Waals surface area contributed by atoms with Gasteiger partial charge in [-0.2, -0.15) is 5.26 Å². The van der Waals surface area contributed by atoms with Gasteiger partial charge in [0.15, 0.2) is 0 Å². The van der Waals surface area contributed by atoms with Gasteiger partial charge in [0.05, 0.1) is 14.2 Å². The highest BCUT2D eigenvalue weighted by molar-refractivity contribution is 7.16. The summed E-state index contributed by atoms with van der Waals surface area (Å²) in [6.07, 6.45) is 1.40. The molecule has 41 heavy (non-hydrogen) atoms. The lowest BCUT2D eigenvalue weighted by molar-refractivity contribution is -0.132. The smallest absolute Gasteiger partial charge is 0.346 e. The van der Waals surface area contributed by atoms with Gasteiger partial charge in [-0.05, 0) is 95.6 Å². The van der Waals surface area contributed by atoms with E-state index in [1.165, 1.54) is 17.4 Å². The Morgan fingerprint density at radius 1 is 0.707 bits per heavy atom. The van der Waals surface area contributed by atoms with E-state index in [4.69, 9.17) is 19.8 Å². The van der Waals surface area contributed by atoms with Gasteiger partial charge in [-0.15, -0.1) is 11.3 Å². The predicted octanol–water partition coefficient (Wildman–Crippen LogP) is 8.56. The van der Waals surface area contributed by atoms with Gasteiger partial charge in [0.25, 0.3) is 0 Å². The number of methoxy groups -OCH3 is 2. The Morgan fingerprint density at radius 3 is 1.59 bits per heavy atom. The minimum Gasteiger partial charge on any atom is -0.497 e. The molecule has 202 valence electrons. The second kappa shape index (κ2) is 12.2. The van der Waals surface area contributed by atoms with Crippen LogP contribution in [0.15, 0.2) is 115 Å². The van der Waals surface area contributed by atoms with E-state index in [9.17, 15) is 4.79 Å². The van der Waals surface area contributed by atoms with Crippen molar-refractivity contribution in [2.75, 3.05) is 19.1 Å². The summed E-state index contributed by atoms with van der Waals surface area (Å²) in [5, 5.41) is 18.1. The average molecular weight is 559 g/mol. The monoisotopic (exact) mass is 558 g/mol. The van der Waals surface area contributed by atoms with Crippen LogP contribution in [0.4, 0.5) is 17.1 Å². The molecule has 0 bridgehead atoms. The topological polar surface area (TPSA) is 82.8 Å². The highest BCUT2D eigenvalue weighted by Gasteiger charge is 2.14. The molecule has 4 aromatic carbocycles. The van der Waals surface area contributed by atoms with Crippen molar-refractivity contribution in [2.24, 2.45) is 0 Å². The van der Waals surface area contributed by atoms with E-state index in [2.05, 4.69) is 41.3 Å². The maximum absolute atomic E-state index is 11.1. The SMILES string of the molecule is COc1ccc(N(c2ccc(OC)cc2)c2ccc(-c3ccc(-c4ccc(C=C(C#N)C(=O)O)s4)cc3)cc2)cc1. The van der Waals surface area contributed by atoms with Gasteiger partial charge in [0.2, 0.25) is 0 Å². The van der Waals surface area contributed by atoms with Crippen molar-refractivity contribution in [1.82, 2.24) is 0 Å². The Balaban J connectivity index is 1.40. The molecule has 1 N–H and O–H groups in total. The van der Waals surface area contributed by atoms with Crippen LogP contribution in [0.2, 0.25) is 0 Å². The van der Waals surface area contributed by atoms with Crippen LogP contribution < -0.4 is 14.4 Å². The van der Waals surface area contributed by atoms with E-state index in [1.807, 2.05) is 72.8 Å². The van der Waals surface area contributed by atoms with E-state index in [1.54, 1.807) is 20.3 Å². The van der Waals surface area contributed by atoms with E-state index in [0.717, 1.165) is 55.0 Å². The summed E-state index contributed by atoms with van der Waals surface area (Å²) >= 11 is 1.44. The van der Waals surface area contributed by atoms with Crippen LogP contribution in [0, 0.1) is 11.3 Å². The van der Waals surface area contributed by atoms with Gasteiger partial charge in [0.1, 0.15) is 23.1 Å². The third-order valence-electron chi connectivity index (χ3n) is 6.55. The predicted molar refractivity (Wildman–Crippen MR) is 164 cm³/mol.